The molecule has 4 rings (SSSR count). The quantitative estimate of drug-likeness (QED) is 0.800. The Morgan fingerprint density at radius 3 is 2.18 bits per heavy atom. The molecule has 0 spiro atoms. The Bertz CT molecular complexity index is 685. The first-order chi connectivity index (χ1) is 10.9. The summed E-state index contributed by atoms with van der Waals surface area (Å²) in [6, 6.07) is 4.06. The second-order valence-corrected chi connectivity index (χ2v) is 6.49. The highest BCUT2D eigenvalue weighted by Crippen LogP contribution is 2.26. The minimum absolute atomic E-state index is 0.119. The standard InChI is InChI=1S/C15H14N4OS2/c1-5-21-8-10(1)13-17-14(11-2-6-22-9-11)19-15(18-13)12-7-16-3-4-20-12/h1-2,5-6,8-9,12,16H,3-4,7H2. The van der Waals surface area contributed by atoms with Crippen LogP contribution in [0, 0.1) is 0 Å². The fourth-order valence-electron chi connectivity index (χ4n) is 2.31. The highest BCUT2D eigenvalue weighted by molar-refractivity contribution is 7.08. The summed E-state index contributed by atoms with van der Waals surface area (Å²) in [5.41, 5.74) is 2.04. The lowest BCUT2D eigenvalue weighted by Gasteiger charge is -2.22. The molecule has 1 fully saturated rings. The fourth-order valence-corrected chi connectivity index (χ4v) is 3.58. The third-order valence-corrected chi connectivity index (χ3v) is 4.79. The van der Waals surface area contributed by atoms with Crippen molar-refractivity contribution in [3.05, 3.63) is 39.5 Å². The van der Waals surface area contributed by atoms with Gasteiger partial charge in [0.1, 0.15) is 6.10 Å². The van der Waals surface area contributed by atoms with E-state index in [1.165, 1.54) is 0 Å². The maximum atomic E-state index is 5.80. The number of thiophene rings is 2. The largest absolute Gasteiger partial charge is 0.368 e. The summed E-state index contributed by atoms with van der Waals surface area (Å²) in [7, 11) is 0. The first-order valence-electron chi connectivity index (χ1n) is 7.03. The van der Waals surface area contributed by atoms with E-state index in [-0.39, 0.29) is 6.10 Å². The second kappa shape index (κ2) is 6.21. The van der Waals surface area contributed by atoms with Crippen LogP contribution in [0.1, 0.15) is 11.9 Å². The van der Waals surface area contributed by atoms with Crippen LogP contribution >= 0.6 is 22.7 Å². The van der Waals surface area contributed by atoms with Gasteiger partial charge in [0, 0.05) is 35.0 Å². The molecule has 3 aromatic heterocycles. The maximum absolute atomic E-state index is 5.80. The van der Waals surface area contributed by atoms with Gasteiger partial charge in [0.25, 0.3) is 0 Å². The Balaban J connectivity index is 1.80. The van der Waals surface area contributed by atoms with Crippen LogP contribution in [0.4, 0.5) is 0 Å². The van der Waals surface area contributed by atoms with E-state index in [0.717, 1.165) is 24.2 Å². The zero-order valence-electron chi connectivity index (χ0n) is 11.7. The van der Waals surface area contributed by atoms with Gasteiger partial charge in [0.2, 0.25) is 0 Å². The van der Waals surface area contributed by atoms with E-state index in [0.29, 0.717) is 24.1 Å². The molecular weight excluding hydrogens is 316 g/mol. The van der Waals surface area contributed by atoms with Crippen LogP contribution in [-0.2, 0) is 4.74 Å². The lowest BCUT2D eigenvalue weighted by molar-refractivity contribution is 0.0221. The summed E-state index contributed by atoms with van der Waals surface area (Å²) < 4.78 is 5.80. The smallest absolute Gasteiger partial charge is 0.164 e. The van der Waals surface area contributed by atoms with Gasteiger partial charge in [-0.1, -0.05) is 0 Å². The van der Waals surface area contributed by atoms with E-state index < -0.39 is 0 Å². The Hall–Kier alpha value is -1.67. The van der Waals surface area contributed by atoms with Gasteiger partial charge >= 0.3 is 0 Å². The van der Waals surface area contributed by atoms with Gasteiger partial charge in [-0.25, -0.2) is 15.0 Å². The summed E-state index contributed by atoms with van der Waals surface area (Å²) in [5.74, 6) is 2.12. The van der Waals surface area contributed by atoms with E-state index in [4.69, 9.17) is 4.74 Å². The van der Waals surface area contributed by atoms with Crippen LogP contribution in [0.3, 0.4) is 0 Å². The third-order valence-electron chi connectivity index (χ3n) is 3.43. The SMILES string of the molecule is c1cc(-c2nc(-c3ccsc3)nc(C3CNCCO3)n2)cs1. The molecule has 0 saturated carbocycles. The zero-order chi connectivity index (χ0) is 14.8. The van der Waals surface area contributed by atoms with Crippen molar-refractivity contribution in [1.82, 2.24) is 20.3 Å². The average Bonchev–Trinajstić information content (AvgIpc) is 3.29. The molecule has 3 aromatic rings. The summed E-state index contributed by atoms with van der Waals surface area (Å²) in [6.45, 7) is 2.28. The first kappa shape index (κ1) is 14.0. The lowest BCUT2D eigenvalue weighted by Crippen LogP contribution is -2.34. The maximum Gasteiger partial charge on any atom is 0.164 e. The van der Waals surface area contributed by atoms with E-state index in [9.17, 15) is 0 Å². The molecule has 0 aromatic carbocycles. The normalized spacial score (nSPS) is 18.5. The fraction of sp³-hybridized carbons (Fsp3) is 0.267. The highest BCUT2D eigenvalue weighted by Gasteiger charge is 2.21. The summed E-state index contributed by atoms with van der Waals surface area (Å²) in [4.78, 5) is 13.9. The number of nitrogens with zero attached hydrogens (tertiary/aromatic N) is 3. The van der Waals surface area contributed by atoms with E-state index in [1.54, 1.807) is 22.7 Å². The predicted octanol–water partition coefficient (Wildman–Crippen LogP) is 2.99. The highest BCUT2D eigenvalue weighted by atomic mass is 32.1. The number of rotatable bonds is 3. The van der Waals surface area contributed by atoms with Gasteiger partial charge < -0.3 is 10.1 Å². The summed E-state index contributed by atoms with van der Waals surface area (Å²) in [5, 5.41) is 11.5. The number of hydrogen-bond acceptors (Lipinski definition) is 7. The van der Waals surface area contributed by atoms with Crippen LogP contribution < -0.4 is 5.32 Å². The van der Waals surface area contributed by atoms with Crippen molar-refractivity contribution in [2.75, 3.05) is 19.7 Å². The molecule has 1 saturated heterocycles. The van der Waals surface area contributed by atoms with E-state index >= 15 is 0 Å². The molecule has 0 bridgehead atoms. The van der Waals surface area contributed by atoms with Crippen molar-refractivity contribution >= 4 is 22.7 Å². The Kier molecular flexibility index (Phi) is 3.94. The van der Waals surface area contributed by atoms with Gasteiger partial charge in [-0.3, -0.25) is 0 Å². The number of hydrogen-bond donors (Lipinski definition) is 1. The van der Waals surface area contributed by atoms with Crippen molar-refractivity contribution in [1.29, 1.82) is 0 Å². The first-order valence-corrected chi connectivity index (χ1v) is 8.92. The molecule has 1 aliphatic heterocycles. The molecule has 0 aliphatic carbocycles. The third kappa shape index (κ3) is 2.80. The van der Waals surface area contributed by atoms with Crippen LogP contribution in [0.15, 0.2) is 33.7 Å². The molecule has 1 N–H and O–H groups in total. The molecule has 0 radical (unpaired) electrons. The van der Waals surface area contributed by atoms with E-state index in [1.807, 2.05) is 22.9 Å². The Morgan fingerprint density at radius 1 is 1.00 bits per heavy atom. The second-order valence-electron chi connectivity index (χ2n) is 4.93. The summed E-state index contributed by atoms with van der Waals surface area (Å²) in [6.07, 6.45) is -0.119. The molecule has 1 aliphatic rings. The minimum Gasteiger partial charge on any atom is -0.368 e. The lowest BCUT2D eigenvalue weighted by atomic mass is 10.2. The Labute approximate surface area is 136 Å². The zero-order valence-corrected chi connectivity index (χ0v) is 13.4. The topological polar surface area (TPSA) is 59.9 Å². The molecule has 4 heterocycles. The van der Waals surface area contributed by atoms with Gasteiger partial charge in [-0.2, -0.15) is 22.7 Å². The van der Waals surface area contributed by atoms with Crippen molar-refractivity contribution in [2.45, 2.75) is 6.10 Å². The molecule has 7 heteroatoms. The van der Waals surface area contributed by atoms with Crippen LogP contribution in [0.25, 0.3) is 22.8 Å². The van der Waals surface area contributed by atoms with Gasteiger partial charge in [0.05, 0.1) is 6.61 Å². The molecular formula is C15H14N4OS2. The van der Waals surface area contributed by atoms with Crippen molar-refractivity contribution in [2.24, 2.45) is 0 Å². The summed E-state index contributed by atoms with van der Waals surface area (Å²) >= 11 is 3.27. The van der Waals surface area contributed by atoms with Gasteiger partial charge in [-0.15, -0.1) is 0 Å². The molecule has 5 nitrogen and oxygen atoms in total. The molecule has 1 unspecified atom stereocenters. The van der Waals surface area contributed by atoms with Crippen molar-refractivity contribution in [3.8, 4) is 22.8 Å². The Morgan fingerprint density at radius 2 is 1.68 bits per heavy atom. The molecule has 0 amide bonds. The number of nitrogens with one attached hydrogen (secondary N) is 1. The number of aromatic nitrogens is 3. The average molecular weight is 330 g/mol. The monoisotopic (exact) mass is 330 g/mol. The van der Waals surface area contributed by atoms with Crippen molar-refractivity contribution < 1.29 is 4.74 Å². The van der Waals surface area contributed by atoms with Crippen LogP contribution in [-0.4, -0.2) is 34.6 Å². The van der Waals surface area contributed by atoms with Crippen LogP contribution in [0.2, 0.25) is 0 Å². The van der Waals surface area contributed by atoms with E-state index in [2.05, 4.69) is 31.0 Å². The molecule has 112 valence electrons. The van der Waals surface area contributed by atoms with Crippen LogP contribution in [0.5, 0.6) is 0 Å². The van der Waals surface area contributed by atoms with Gasteiger partial charge in [0.15, 0.2) is 17.5 Å². The number of morpholine rings is 1. The number of ether oxygens (including phenoxy) is 1. The predicted molar refractivity (Wildman–Crippen MR) is 88.0 cm³/mol. The van der Waals surface area contributed by atoms with Gasteiger partial charge in [-0.05, 0) is 22.9 Å². The molecule has 22 heavy (non-hydrogen) atoms. The van der Waals surface area contributed by atoms with Crippen molar-refractivity contribution in [3.63, 3.8) is 0 Å². The minimum atomic E-state index is -0.119. The molecule has 1 atom stereocenters.